The van der Waals surface area contributed by atoms with Gasteiger partial charge < -0.3 is 10.4 Å². The first-order valence-corrected chi connectivity index (χ1v) is 6.09. The normalized spacial score (nSPS) is 24.9. The lowest BCUT2D eigenvalue weighted by Gasteiger charge is -2.30. The zero-order chi connectivity index (χ0) is 13.2. The number of alkyl halides is 3. The van der Waals surface area contributed by atoms with E-state index in [1.54, 1.807) is 6.07 Å². The highest BCUT2D eigenvalue weighted by atomic mass is 19.4. The van der Waals surface area contributed by atoms with Gasteiger partial charge >= 0.3 is 6.18 Å². The van der Waals surface area contributed by atoms with Gasteiger partial charge in [0.05, 0.1) is 17.7 Å². The fourth-order valence-electron chi connectivity index (χ4n) is 2.34. The zero-order valence-corrected chi connectivity index (χ0v) is 9.87. The molecule has 0 bridgehead atoms. The quantitative estimate of drug-likeness (QED) is 0.853. The highest BCUT2D eigenvalue weighted by Gasteiger charge is 2.34. The van der Waals surface area contributed by atoms with Crippen LogP contribution in [0.4, 0.5) is 18.9 Å². The standard InChI is InChI=1S/C13H16F3NO/c14-13(15,16)9-5-1-2-6-10(9)17-11-7-3-4-8-12(11)18/h1-2,5-6,11-12,17-18H,3-4,7-8H2. The lowest BCUT2D eigenvalue weighted by molar-refractivity contribution is -0.137. The molecule has 2 rings (SSSR count). The molecule has 0 heterocycles. The molecule has 100 valence electrons. The van der Waals surface area contributed by atoms with Crippen LogP contribution in [0.5, 0.6) is 0 Å². The van der Waals surface area contributed by atoms with E-state index in [4.69, 9.17) is 0 Å². The first-order valence-electron chi connectivity index (χ1n) is 6.09. The maximum atomic E-state index is 12.8. The van der Waals surface area contributed by atoms with Gasteiger partial charge in [0, 0.05) is 5.69 Å². The van der Waals surface area contributed by atoms with Crippen LogP contribution in [-0.4, -0.2) is 17.3 Å². The molecular formula is C13H16F3NO. The second-order valence-corrected chi connectivity index (χ2v) is 4.65. The largest absolute Gasteiger partial charge is 0.418 e. The Morgan fingerprint density at radius 1 is 1.11 bits per heavy atom. The van der Waals surface area contributed by atoms with Gasteiger partial charge in [0.15, 0.2) is 0 Å². The van der Waals surface area contributed by atoms with Crippen LogP contribution in [-0.2, 0) is 6.18 Å². The molecule has 1 aromatic rings. The molecule has 0 saturated heterocycles. The fraction of sp³-hybridized carbons (Fsp3) is 0.538. The van der Waals surface area contributed by atoms with Crippen LogP contribution in [0.25, 0.3) is 0 Å². The molecule has 18 heavy (non-hydrogen) atoms. The van der Waals surface area contributed by atoms with Gasteiger partial charge in [-0.15, -0.1) is 0 Å². The van der Waals surface area contributed by atoms with E-state index in [1.807, 2.05) is 0 Å². The van der Waals surface area contributed by atoms with E-state index < -0.39 is 17.8 Å². The number of anilines is 1. The molecule has 1 saturated carbocycles. The molecule has 2 atom stereocenters. The molecular weight excluding hydrogens is 243 g/mol. The summed E-state index contributed by atoms with van der Waals surface area (Å²) >= 11 is 0. The van der Waals surface area contributed by atoms with Gasteiger partial charge in [0.25, 0.3) is 0 Å². The van der Waals surface area contributed by atoms with E-state index >= 15 is 0 Å². The number of aliphatic hydroxyl groups is 1. The Kier molecular flexibility index (Phi) is 3.80. The number of nitrogens with one attached hydrogen (secondary N) is 1. The lowest BCUT2D eigenvalue weighted by Crippen LogP contribution is -2.36. The van der Waals surface area contributed by atoms with Gasteiger partial charge in [-0.3, -0.25) is 0 Å². The molecule has 0 aliphatic heterocycles. The van der Waals surface area contributed by atoms with Gasteiger partial charge in [-0.2, -0.15) is 13.2 Å². The van der Waals surface area contributed by atoms with Gasteiger partial charge in [0.1, 0.15) is 0 Å². The van der Waals surface area contributed by atoms with E-state index in [2.05, 4.69) is 5.32 Å². The average molecular weight is 259 g/mol. The second-order valence-electron chi connectivity index (χ2n) is 4.65. The molecule has 0 amide bonds. The summed E-state index contributed by atoms with van der Waals surface area (Å²) in [4.78, 5) is 0. The van der Waals surface area contributed by atoms with E-state index in [-0.39, 0.29) is 11.7 Å². The molecule has 1 aliphatic carbocycles. The van der Waals surface area contributed by atoms with Crippen LogP contribution in [0.2, 0.25) is 0 Å². The minimum absolute atomic E-state index is 0.0518. The highest BCUT2D eigenvalue weighted by molar-refractivity contribution is 5.53. The molecule has 1 fully saturated rings. The third kappa shape index (κ3) is 2.96. The summed E-state index contributed by atoms with van der Waals surface area (Å²) in [5, 5.41) is 12.6. The zero-order valence-electron chi connectivity index (χ0n) is 9.87. The van der Waals surface area contributed by atoms with Crippen molar-refractivity contribution in [1.82, 2.24) is 0 Å². The Bertz CT molecular complexity index is 405. The summed E-state index contributed by atoms with van der Waals surface area (Å²) < 4.78 is 38.4. The molecule has 0 radical (unpaired) electrons. The fourth-order valence-corrected chi connectivity index (χ4v) is 2.34. The number of halogens is 3. The van der Waals surface area contributed by atoms with Crippen molar-refractivity contribution < 1.29 is 18.3 Å². The van der Waals surface area contributed by atoms with Crippen molar-refractivity contribution in [2.24, 2.45) is 0 Å². The SMILES string of the molecule is OC1CCCCC1Nc1ccccc1C(F)(F)F. The minimum Gasteiger partial charge on any atom is -0.391 e. The maximum absolute atomic E-state index is 12.8. The first kappa shape index (κ1) is 13.2. The molecule has 5 heteroatoms. The Balaban J connectivity index is 2.18. The maximum Gasteiger partial charge on any atom is 0.418 e. The number of benzene rings is 1. The Morgan fingerprint density at radius 3 is 2.44 bits per heavy atom. The van der Waals surface area contributed by atoms with Gasteiger partial charge in [0.2, 0.25) is 0 Å². The third-order valence-electron chi connectivity index (χ3n) is 3.30. The van der Waals surface area contributed by atoms with E-state index in [1.165, 1.54) is 12.1 Å². The predicted octanol–water partition coefficient (Wildman–Crippen LogP) is 3.42. The van der Waals surface area contributed by atoms with Crippen LogP contribution >= 0.6 is 0 Å². The van der Waals surface area contributed by atoms with Gasteiger partial charge in [-0.1, -0.05) is 25.0 Å². The summed E-state index contributed by atoms with van der Waals surface area (Å²) in [5.41, 5.74) is -0.626. The monoisotopic (exact) mass is 259 g/mol. The van der Waals surface area contributed by atoms with E-state index in [9.17, 15) is 18.3 Å². The summed E-state index contributed by atoms with van der Waals surface area (Å²) in [6.07, 6.45) is -1.73. The molecule has 1 aromatic carbocycles. The Morgan fingerprint density at radius 2 is 1.78 bits per heavy atom. The summed E-state index contributed by atoms with van der Waals surface area (Å²) in [5.74, 6) is 0. The first-order chi connectivity index (χ1) is 8.48. The van der Waals surface area contributed by atoms with Crippen molar-refractivity contribution in [3.05, 3.63) is 29.8 Å². The second kappa shape index (κ2) is 5.18. The van der Waals surface area contributed by atoms with E-state index in [0.717, 1.165) is 18.9 Å². The number of hydrogen-bond acceptors (Lipinski definition) is 2. The average Bonchev–Trinajstić information content (AvgIpc) is 2.31. The van der Waals surface area contributed by atoms with Crippen molar-refractivity contribution in [3.8, 4) is 0 Å². The van der Waals surface area contributed by atoms with Crippen molar-refractivity contribution in [1.29, 1.82) is 0 Å². The minimum atomic E-state index is -4.37. The van der Waals surface area contributed by atoms with Gasteiger partial charge in [-0.05, 0) is 25.0 Å². The highest BCUT2D eigenvalue weighted by Crippen LogP contribution is 2.35. The van der Waals surface area contributed by atoms with Crippen LogP contribution < -0.4 is 5.32 Å². The summed E-state index contributed by atoms with van der Waals surface area (Å²) in [7, 11) is 0. The summed E-state index contributed by atoms with van der Waals surface area (Å²) in [6, 6.07) is 5.10. The van der Waals surface area contributed by atoms with Crippen LogP contribution in [0.1, 0.15) is 31.2 Å². The predicted molar refractivity (Wildman–Crippen MR) is 63.3 cm³/mol. The van der Waals surface area contributed by atoms with Crippen molar-refractivity contribution in [2.45, 2.75) is 44.0 Å². The lowest BCUT2D eigenvalue weighted by atomic mass is 9.92. The summed E-state index contributed by atoms with van der Waals surface area (Å²) in [6.45, 7) is 0. The van der Waals surface area contributed by atoms with Crippen LogP contribution in [0.3, 0.4) is 0 Å². The molecule has 0 aromatic heterocycles. The van der Waals surface area contributed by atoms with Gasteiger partial charge in [-0.25, -0.2) is 0 Å². The number of hydrogen-bond donors (Lipinski definition) is 2. The number of para-hydroxylation sites is 1. The molecule has 2 nitrogen and oxygen atoms in total. The van der Waals surface area contributed by atoms with Crippen LogP contribution in [0.15, 0.2) is 24.3 Å². The molecule has 2 N–H and O–H groups in total. The van der Waals surface area contributed by atoms with E-state index in [0.29, 0.717) is 12.8 Å². The van der Waals surface area contributed by atoms with Crippen molar-refractivity contribution in [3.63, 3.8) is 0 Å². The molecule has 0 spiro atoms. The topological polar surface area (TPSA) is 32.3 Å². The van der Waals surface area contributed by atoms with Crippen LogP contribution in [0, 0.1) is 0 Å². The Labute approximate surface area is 104 Å². The smallest absolute Gasteiger partial charge is 0.391 e. The number of rotatable bonds is 2. The molecule has 2 unspecified atom stereocenters. The third-order valence-corrected chi connectivity index (χ3v) is 3.30. The molecule has 1 aliphatic rings. The number of aliphatic hydroxyl groups excluding tert-OH is 1. The Hall–Kier alpha value is -1.23. The van der Waals surface area contributed by atoms with Crippen molar-refractivity contribution in [2.75, 3.05) is 5.32 Å². The van der Waals surface area contributed by atoms with Crippen molar-refractivity contribution >= 4 is 5.69 Å².